The molecule has 1 aromatic heterocycles. The minimum absolute atomic E-state index is 0.00188. The van der Waals surface area contributed by atoms with E-state index < -0.39 is 0 Å². The maximum absolute atomic E-state index is 9.23. The zero-order valence-electron chi connectivity index (χ0n) is 8.31. The van der Waals surface area contributed by atoms with Gasteiger partial charge < -0.3 is 5.11 Å². The second-order valence-corrected chi connectivity index (χ2v) is 4.24. The van der Waals surface area contributed by atoms with Crippen LogP contribution in [0, 0.1) is 6.92 Å². The van der Waals surface area contributed by atoms with Crippen molar-refractivity contribution in [3.05, 3.63) is 46.2 Å². The lowest BCUT2D eigenvalue weighted by molar-refractivity contribution is 0.272. The Hall–Kier alpha value is -1.13. The van der Waals surface area contributed by atoms with Crippen LogP contribution >= 0.6 is 15.9 Å². The maximum atomic E-state index is 9.23. The van der Waals surface area contributed by atoms with Crippen molar-refractivity contribution in [2.45, 2.75) is 13.5 Å². The van der Waals surface area contributed by atoms with Gasteiger partial charge in [0, 0.05) is 4.47 Å². The summed E-state index contributed by atoms with van der Waals surface area (Å²) in [4.78, 5) is 0. The third-order valence-corrected chi connectivity index (χ3v) is 2.83. The molecule has 0 saturated carbocycles. The van der Waals surface area contributed by atoms with E-state index in [4.69, 9.17) is 0 Å². The third kappa shape index (κ3) is 1.96. The molecule has 0 radical (unpaired) electrons. The van der Waals surface area contributed by atoms with Crippen LogP contribution in [0.5, 0.6) is 0 Å². The normalized spacial score (nSPS) is 10.6. The molecule has 0 amide bonds. The third-order valence-electron chi connectivity index (χ3n) is 2.30. The first-order valence-electron chi connectivity index (χ1n) is 4.62. The van der Waals surface area contributed by atoms with Crippen molar-refractivity contribution in [2.24, 2.45) is 0 Å². The van der Waals surface area contributed by atoms with Crippen LogP contribution in [0.1, 0.15) is 11.3 Å². The van der Waals surface area contributed by atoms with Gasteiger partial charge in [0.2, 0.25) is 0 Å². The lowest BCUT2D eigenvalue weighted by Crippen LogP contribution is -2.02. The first-order chi connectivity index (χ1) is 7.22. The molecule has 0 fully saturated rings. The smallest absolute Gasteiger partial charge is 0.0857 e. The first-order valence-corrected chi connectivity index (χ1v) is 5.42. The molecule has 0 atom stereocenters. The van der Waals surface area contributed by atoms with Crippen LogP contribution in [0.3, 0.4) is 0 Å². The predicted molar refractivity (Wildman–Crippen MR) is 61.9 cm³/mol. The van der Waals surface area contributed by atoms with Crippen molar-refractivity contribution in [1.29, 1.82) is 0 Å². The van der Waals surface area contributed by atoms with Crippen LogP contribution in [0.2, 0.25) is 0 Å². The van der Waals surface area contributed by atoms with Crippen LogP contribution in [0.15, 0.2) is 34.9 Å². The maximum Gasteiger partial charge on any atom is 0.0857 e. The van der Waals surface area contributed by atoms with E-state index >= 15 is 0 Å². The van der Waals surface area contributed by atoms with Gasteiger partial charge in [0.15, 0.2) is 0 Å². The van der Waals surface area contributed by atoms with E-state index in [1.54, 1.807) is 10.9 Å². The Labute approximate surface area is 96.5 Å². The largest absolute Gasteiger partial charge is 0.390 e. The Kier molecular flexibility index (Phi) is 2.88. The first kappa shape index (κ1) is 10.4. The molecular weight excluding hydrogens is 256 g/mol. The summed E-state index contributed by atoms with van der Waals surface area (Å²) in [5.41, 5.74) is 2.79. The molecule has 4 heteroatoms. The highest BCUT2D eigenvalue weighted by atomic mass is 79.9. The van der Waals surface area contributed by atoms with E-state index in [1.165, 1.54) is 0 Å². The van der Waals surface area contributed by atoms with Gasteiger partial charge in [-0.2, -0.15) is 5.10 Å². The van der Waals surface area contributed by atoms with E-state index in [0.717, 1.165) is 21.4 Å². The summed E-state index contributed by atoms with van der Waals surface area (Å²) in [7, 11) is 0. The van der Waals surface area contributed by atoms with Crippen molar-refractivity contribution in [2.75, 3.05) is 0 Å². The zero-order chi connectivity index (χ0) is 10.8. The van der Waals surface area contributed by atoms with Crippen molar-refractivity contribution in [3.8, 4) is 5.69 Å². The molecule has 0 aliphatic rings. The van der Waals surface area contributed by atoms with Crippen LogP contribution in [0.4, 0.5) is 0 Å². The van der Waals surface area contributed by atoms with Gasteiger partial charge in [0.25, 0.3) is 0 Å². The Morgan fingerprint density at radius 2 is 2.00 bits per heavy atom. The molecule has 1 N–H and O–H groups in total. The van der Waals surface area contributed by atoms with Gasteiger partial charge in [-0.1, -0.05) is 15.9 Å². The number of halogens is 1. The van der Waals surface area contributed by atoms with Crippen molar-refractivity contribution < 1.29 is 5.11 Å². The number of aromatic nitrogens is 2. The van der Waals surface area contributed by atoms with E-state index in [-0.39, 0.29) is 6.61 Å². The molecular formula is C11H11BrN2O. The van der Waals surface area contributed by atoms with E-state index in [1.807, 2.05) is 31.2 Å². The number of aryl methyl sites for hydroxylation is 1. The van der Waals surface area contributed by atoms with E-state index in [2.05, 4.69) is 21.0 Å². The van der Waals surface area contributed by atoms with Crippen molar-refractivity contribution in [3.63, 3.8) is 0 Å². The molecule has 15 heavy (non-hydrogen) atoms. The average molecular weight is 267 g/mol. The Balaban J connectivity index is 2.49. The summed E-state index contributed by atoms with van der Waals surface area (Å²) in [5.74, 6) is 0. The Morgan fingerprint density at radius 3 is 2.60 bits per heavy atom. The minimum atomic E-state index is 0.00188. The Morgan fingerprint density at radius 1 is 1.33 bits per heavy atom. The fourth-order valence-corrected chi connectivity index (χ4v) is 1.72. The summed E-state index contributed by atoms with van der Waals surface area (Å²) in [5, 5.41) is 13.5. The summed E-state index contributed by atoms with van der Waals surface area (Å²) in [6.07, 6.45) is 1.76. The fraction of sp³-hybridized carbons (Fsp3) is 0.182. The number of aliphatic hydroxyl groups is 1. The van der Waals surface area contributed by atoms with Gasteiger partial charge in [-0.3, -0.25) is 0 Å². The number of nitrogens with zero attached hydrogens (tertiary/aromatic N) is 2. The highest BCUT2D eigenvalue weighted by molar-refractivity contribution is 9.10. The van der Waals surface area contributed by atoms with Crippen LogP contribution < -0.4 is 0 Å². The molecule has 1 aromatic carbocycles. The molecule has 3 nitrogen and oxygen atoms in total. The van der Waals surface area contributed by atoms with Crippen molar-refractivity contribution >= 4 is 15.9 Å². The molecule has 78 valence electrons. The molecule has 1 heterocycles. The van der Waals surface area contributed by atoms with E-state index in [9.17, 15) is 5.11 Å². The van der Waals surface area contributed by atoms with E-state index in [0.29, 0.717) is 0 Å². The molecule has 0 aliphatic carbocycles. The number of hydrogen-bond donors (Lipinski definition) is 1. The molecule has 2 rings (SSSR count). The second-order valence-electron chi connectivity index (χ2n) is 3.32. The monoisotopic (exact) mass is 266 g/mol. The van der Waals surface area contributed by atoms with Gasteiger partial charge in [-0.15, -0.1) is 0 Å². The lowest BCUT2D eigenvalue weighted by Gasteiger charge is -2.06. The molecule has 0 unspecified atom stereocenters. The average Bonchev–Trinajstić information content (AvgIpc) is 2.61. The summed E-state index contributed by atoms with van der Waals surface area (Å²) < 4.78 is 2.78. The van der Waals surface area contributed by atoms with Crippen LogP contribution in [-0.4, -0.2) is 14.9 Å². The number of aliphatic hydroxyl groups excluding tert-OH is 1. The van der Waals surface area contributed by atoms with Crippen molar-refractivity contribution in [1.82, 2.24) is 9.78 Å². The summed E-state index contributed by atoms with van der Waals surface area (Å²) in [6.45, 7) is 1.94. The molecule has 0 aliphatic heterocycles. The lowest BCUT2D eigenvalue weighted by atomic mass is 10.2. The summed E-state index contributed by atoms with van der Waals surface area (Å²) in [6, 6.07) is 7.81. The molecule has 2 aromatic rings. The number of benzene rings is 1. The fourth-order valence-electron chi connectivity index (χ4n) is 1.45. The van der Waals surface area contributed by atoms with Crippen LogP contribution in [-0.2, 0) is 6.61 Å². The van der Waals surface area contributed by atoms with Gasteiger partial charge in [-0.25, -0.2) is 4.68 Å². The van der Waals surface area contributed by atoms with Gasteiger partial charge in [-0.05, 0) is 36.8 Å². The number of rotatable bonds is 2. The molecule has 0 spiro atoms. The Bertz CT molecular complexity index is 462. The topological polar surface area (TPSA) is 38.0 Å². The highest BCUT2D eigenvalue weighted by Gasteiger charge is 2.07. The van der Waals surface area contributed by atoms with Gasteiger partial charge >= 0.3 is 0 Å². The second kappa shape index (κ2) is 4.16. The zero-order valence-corrected chi connectivity index (χ0v) is 9.90. The SMILES string of the molecule is Cc1cnn(-c2ccc(Br)cc2)c1CO. The molecule has 0 saturated heterocycles. The standard InChI is InChI=1S/C11H11BrN2O/c1-8-6-13-14(11(8)7-15)10-4-2-9(12)3-5-10/h2-6,15H,7H2,1H3. The predicted octanol–water partition coefficient (Wildman–Crippen LogP) is 2.44. The molecule has 0 bridgehead atoms. The quantitative estimate of drug-likeness (QED) is 0.907. The van der Waals surface area contributed by atoms with Gasteiger partial charge in [0.05, 0.1) is 24.2 Å². The summed E-state index contributed by atoms with van der Waals surface area (Å²) >= 11 is 3.38. The number of hydrogen-bond acceptors (Lipinski definition) is 2. The van der Waals surface area contributed by atoms with Gasteiger partial charge in [0.1, 0.15) is 0 Å². The minimum Gasteiger partial charge on any atom is -0.390 e. The highest BCUT2D eigenvalue weighted by Crippen LogP contribution is 2.17. The van der Waals surface area contributed by atoms with Crippen LogP contribution in [0.25, 0.3) is 5.69 Å².